The Morgan fingerprint density at radius 1 is 0.854 bits per heavy atom. The van der Waals surface area contributed by atoms with E-state index in [1.54, 1.807) is 0 Å². The number of aliphatic imine (C=N–C) groups is 1. The van der Waals surface area contributed by atoms with Gasteiger partial charge in [-0.15, -0.1) is 11.8 Å². The first-order valence-corrected chi connectivity index (χ1v) is 16.0. The second-order valence-corrected chi connectivity index (χ2v) is 11.5. The van der Waals surface area contributed by atoms with E-state index in [9.17, 15) is 0 Å². The van der Waals surface area contributed by atoms with Crippen LogP contribution in [-0.2, 0) is 6.54 Å². The number of allylic oxidation sites excluding steroid dienone is 5. The third-order valence-corrected chi connectivity index (χ3v) is 8.47. The highest BCUT2D eigenvalue weighted by molar-refractivity contribution is 5.81. The highest BCUT2D eigenvalue weighted by atomic mass is 15.3. The van der Waals surface area contributed by atoms with Gasteiger partial charge in [-0.2, -0.15) is 5.10 Å². The smallest absolute Gasteiger partial charge is 0.102 e. The fourth-order valence-corrected chi connectivity index (χ4v) is 5.88. The zero-order valence-electron chi connectivity index (χ0n) is 26.8. The number of nitrogens with zero attached hydrogens (tertiary/aromatic N) is 5. The van der Waals surface area contributed by atoms with Gasteiger partial charge in [0, 0.05) is 54.3 Å². The highest BCUT2D eigenvalue weighted by Crippen LogP contribution is 2.33. The molecule has 0 fully saturated rings. The van der Waals surface area contributed by atoms with Crippen LogP contribution in [0.1, 0.15) is 31.0 Å². The minimum Gasteiger partial charge on any atom is -0.269 e. The maximum Gasteiger partial charge on any atom is 0.102 e. The number of hydrogen-bond acceptors (Lipinski definition) is 4. The molecule has 2 aromatic carbocycles. The molecule has 0 spiro atoms. The van der Waals surface area contributed by atoms with Crippen molar-refractivity contribution >= 4 is 17.9 Å². The van der Waals surface area contributed by atoms with Gasteiger partial charge in [0.25, 0.3) is 0 Å². The monoisotopic (exact) mass is 619 g/mol. The molecule has 0 N–H and O–H groups in total. The molecule has 0 amide bonds. The van der Waals surface area contributed by atoms with Gasteiger partial charge in [0.05, 0.1) is 28.7 Å². The summed E-state index contributed by atoms with van der Waals surface area (Å²) in [5, 5.41) is 5.03. The molecule has 0 bridgehead atoms. The summed E-state index contributed by atoms with van der Waals surface area (Å²) in [6.45, 7) is 6.43. The van der Waals surface area contributed by atoms with Crippen LogP contribution in [-0.4, -0.2) is 26.0 Å². The molecule has 1 atom stereocenters. The van der Waals surface area contributed by atoms with Crippen LogP contribution in [0.5, 0.6) is 0 Å². The molecule has 5 heterocycles. The number of benzene rings is 2. The maximum absolute atomic E-state index is 5.18. The molecule has 2 aliphatic rings. The summed E-state index contributed by atoms with van der Waals surface area (Å²) in [4.78, 5) is 13.6. The zero-order chi connectivity index (χ0) is 32.7. The molecule has 2 aliphatic heterocycles. The van der Waals surface area contributed by atoms with Gasteiger partial charge in [-0.25, -0.2) is 4.98 Å². The summed E-state index contributed by atoms with van der Waals surface area (Å²) in [5.74, 6) is 12.9. The maximum atomic E-state index is 5.18. The quantitative estimate of drug-likeness (QED) is 0.171. The number of aromatic nitrogens is 4. The van der Waals surface area contributed by atoms with Crippen LogP contribution in [0.15, 0.2) is 133 Å². The first kappa shape index (κ1) is 30.4. The second kappa shape index (κ2) is 14.0. The summed E-state index contributed by atoms with van der Waals surface area (Å²) >= 11 is 0. The van der Waals surface area contributed by atoms with Gasteiger partial charge in [0.15, 0.2) is 0 Å². The molecular weight excluding hydrogens is 587 g/mol. The highest BCUT2D eigenvalue weighted by Gasteiger charge is 2.17. The van der Waals surface area contributed by atoms with Gasteiger partial charge in [-0.05, 0) is 77.2 Å². The molecule has 0 saturated carbocycles. The molecule has 5 nitrogen and oxygen atoms in total. The van der Waals surface area contributed by atoms with Crippen LogP contribution in [0, 0.1) is 29.6 Å². The normalized spacial score (nSPS) is 16.0. The zero-order valence-corrected chi connectivity index (χ0v) is 26.8. The third-order valence-electron chi connectivity index (χ3n) is 8.47. The topological polar surface area (TPSA) is 56.0 Å². The van der Waals surface area contributed by atoms with Gasteiger partial charge in [-0.1, -0.05) is 79.1 Å². The van der Waals surface area contributed by atoms with Crippen molar-refractivity contribution in [3.63, 3.8) is 0 Å². The first-order valence-electron chi connectivity index (χ1n) is 16.0. The van der Waals surface area contributed by atoms with Crippen molar-refractivity contribution in [3.05, 3.63) is 139 Å². The van der Waals surface area contributed by atoms with Gasteiger partial charge >= 0.3 is 0 Å². The molecule has 0 saturated heterocycles. The Hall–Kier alpha value is -6.30. The number of pyridine rings is 2. The Labute approximate surface area is 281 Å². The van der Waals surface area contributed by atoms with E-state index in [4.69, 9.17) is 10.1 Å². The van der Waals surface area contributed by atoms with Crippen molar-refractivity contribution in [2.45, 2.75) is 26.3 Å². The van der Waals surface area contributed by atoms with E-state index in [0.717, 1.165) is 73.7 Å². The molecule has 3 aromatic heterocycles. The number of fused-ring (bicyclic) bond motifs is 1. The largest absolute Gasteiger partial charge is 0.269 e. The minimum atomic E-state index is 0.0241. The first-order chi connectivity index (χ1) is 23.7. The van der Waals surface area contributed by atoms with Crippen molar-refractivity contribution in [2.75, 3.05) is 0 Å². The Kier molecular flexibility index (Phi) is 8.85. The summed E-state index contributed by atoms with van der Waals surface area (Å²) < 4.78 is 1.96. The van der Waals surface area contributed by atoms with Crippen LogP contribution >= 0.6 is 0 Å². The predicted octanol–water partition coefficient (Wildman–Crippen LogP) is 9.33. The third kappa shape index (κ3) is 6.63. The molecule has 48 heavy (non-hydrogen) atoms. The molecule has 7 rings (SSSR count). The van der Waals surface area contributed by atoms with Gasteiger partial charge in [-0.3, -0.25) is 14.7 Å². The van der Waals surface area contributed by atoms with E-state index in [1.165, 1.54) is 0 Å². The Bertz CT molecular complexity index is 2220. The van der Waals surface area contributed by atoms with Crippen molar-refractivity contribution < 1.29 is 0 Å². The summed E-state index contributed by atoms with van der Waals surface area (Å²) in [7, 11) is 0. The Balaban J connectivity index is 1.30. The standard InChI is InChI=1S/C43H33N5/c1-3-5-8-32-10-7-26-48-40(27-31(32)4-2)30-43(47-48)39-28-41(37-15-11-34(12-16-37)33-9-6-22-44-23-19-33)46-42(29-39)38-17-13-35(14-18-38)36-20-24-45-25-21-36/h4,9,11-25,27-30,32H,2,6,8,26H2,1H3/b31-27-. The SMILES string of the molecule is C=C/C1=C/c2cc(-c3cc(-c4ccc(C5=CCC=NC=C5)cc4)nc(-c4ccc(-c5ccncc5)cc4)c3)nn2CC#CC1CC#CC. The molecule has 5 aromatic rings. The molecule has 1 unspecified atom stereocenters. The molecule has 230 valence electrons. The van der Waals surface area contributed by atoms with Crippen molar-refractivity contribution in [1.82, 2.24) is 19.7 Å². The van der Waals surface area contributed by atoms with E-state index in [2.05, 4.69) is 119 Å². The van der Waals surface area contributed by atoms with Crippen molar-refractivity contribution in [1.29, 1.82) is 0 Å². The fourth-order valence-electron chi connectivity index (χ4n) is 5.88. The fraction of sp³-hybridized carbons (Fsp3) is 0.116. The van der Waals surface area contributed by atoms with Crippen LogP contribution in [0.25, 0.3) is 56.5 Å². The van der Waals surface area contributed by atoms with Crippen LogP contribution in [0.2, 0.25) is 0 Å². The summed E-state index contributed by atoms with van der Waals surface area (Å²) in [6, 6.07) is 27.5. The van der Waals surface area contributed by atoms with E-state index >= 15 is 0 Å². The van der Waals surface area contributed by atoms with E-state index in [0.29, 0.717) is 13.0 Å². The number of rotatable bonds is 7. The predicted molar refractivity (Wildman–Crippen MR) is 197 cm³/mol. The van der Waals surface area contributed by atoms with E-state index in [-0.39, 0.29) is 5.92 Å². The van der Waals surface area contributed by atoms with Gasteiger partial charge < -0.3 is 0 Å². The molecule has 0 aliphatic carbocycles. The van der Waals surface area contributed by atoms with Crippen LogP contribution in [0.3, 0.4) is 0 Å². The van der Waals surface area contributed by atoms with Crippen LogP contribution < -0.4 is 0 Å². The molecule has 0 radical (unpaired) electrons. The Morgan fingerprint density at radius 3 is 2.25 bits per heavy atom. The lowest BCUT2D eigenvalue weighted by atomic mass is 9.94. The average molecular weight is 620 g/mol. The van der Waals surface area contributed by atoms with Gasteiger partial charge in [0.2, 0.25) is 0 Å². The average Bonchev–Trinajstić information content (AvgIpc) is 3.32. The van der Waals surface area contributed by atoms with Crippen molar-refractivity contribution in [3.8, 4) is 68.6 Å². The van der Waals surface area contributed by atoms with Crippen LogP contribution in [0.4, 0.5) is 0 Å². The molecule has 5 heteroatoms. The summed E-state index contributed by atoms with van der Waals surface area (Å²) in [6.07, 6.45) is 17.1. The van der Waals surface area contributed by atoms with Gasteiger partial charge in [0.1, 0.15) is 6.54 Å². The lowest BCUT2D eigenvalue weighted by Crippen LogP contribution is -2.07. The minimum absolute atomic E-state index is 0.0241. The van der Waals surface area contributed by atoms with Crippen molar-refractivity contribution in [2.24, 2.45) is 10.9 Å². The van der Waals surface area contributed by atoms with E-state index < -0.39 is 0 Å². The second-order valence-electron chi connectivity index (χ2n) is 11.5. The molecular formula is C43H33N5. The Morgan fingerprint density at radius 2 is 1.54 bits per heavy atom. The number of hydrogen-bond donors (Lipinski definition) is 0. The lowest BCUT2D eigenvalue weighted by Gasteiger charge is -2.11. The summed E-state index contributed by atoms with van der Waals surface area (Å²) in [5.41, 5.74) is 12.2. The van der Waals surface area contributed by atoms with E-state index in [1.807, 2.05) is 60.7 Å². The lowest BCUT2D eigenvalue weighted by molar-refractivity contribution is 0.703.